The van der Waals surface area contributed by atoms with Crippen LogP contribution in [0, 0.1) is 12.7 Å². The van der Waals surface area contributed by atoms with Crippen LogP contribution in [0.3, 0.4) is 0 Å². The Morgan fingerprint density at radius 1 is 1.20 bits per heavy atom. The van der Waals surface area contributed by atoms with Crippen molar-refractivity contribution < 1.29 is 14.2 Å². The van der Waals surface area contributed by atoms with Crippen LogP contribution in [0.2, 0.25) is 0 Å². The number of aryl methyl sites for hydroxylation is 1. The second kappa shape index (κ2) is 6.53. The highest BCUT2D eigenvalue weighted by atomic mass is 19.1. The zero-order valence-electron chi connectivity index (χ0n) is 11.8. The van der Waals surface area contributed by atoms with Crippen LogP contribution in [-0.4, -0.2) is 11.7 Å². The Morgan fingerprint density at radius 3 is 2.65 bits per heavy atom. The molecule has 1 N–H and O–H groups in total. The van der Waals surface area contributed by atoms with E-state index >= 15 is 0 Å². The van der Waals surface area contributed by atoms with Crippen LogP contribution in [-0.2, 0) is 6.42 Å². The molecule has 0 amide bonds. The van der Waals surface area contributed by atoms with E-state index in [9.17, 15) is 9.50 Å². The molecule has 0 fully saturated rings. The van der Waals surface area contributed by atoms with E-state index in [4.69, 9.17) is 4.74 Å². The van der Waals surface area contributed by atoms with Crippen LogP contribution in [0.25, 0.3) is 0 Å². The summed E-state index contributed by atoms with van der Waals surface area (Å²) in [5.74, 6) is 0.442. The normalized spacial score (nSPS) is 12.2. The third-order valence-corrected chi connectivity index (χ3v) is 3.30. The van der Waals surface area contributed by atoms with Gasteiger partial charge in [0.05, 0.1) is 12.7 Å². The molecule has 0 saturated carbocycles. The number of rotatable bonds is 5. The Labute approximate surface area is 118 Å². The number of aliphatic hydroxyl groups is 1. The zero-order chi connectivity index (χ0) is 14.5. The maximum Gasteiger partial charge on any atom is 0.125 e. The van der Waals surface area contributed by atoms with Gasteiger partial charge in [0, 0.05) is 12.0 Å². The number of halogens is 1. The summed E-state index contributed by atoms with van der Waals surface area (Å²) < 4.78 is 18.6. The molecule has 3 heteroatoms. The minimum atomic E-state index is -0.665. The summed E-state index contributed by atoms with van der Waals surface area (Å²) in [4.78, 5) is 0. The molecule has 2 aromatic carbocycles. The summed E-state index contributed by atoms with van der Waals surface area (Å²) in [5, 5.41) is 10.4. The summed E-state index contributed by atoms with van der Waals surface area (Å²) in [6, 6.07) is 12.1. The van der Waals surface area contributed by atoms with Crippen molar-refractivity contribution in [2.24, 2.45) is 0 Å². The molecule has 0 aromatic heterocycles. The van der Waals surface area contributed by atoms with E-state index in [0.717, 1.165) is 16.7 Å². The van der Waals surface area contributed by atoms with Gasteiger partial charge in [-0.15, -0.1) is 0 Å². The number of aliphatic hydroxyl groups excluding tert-OH is 1. The highest BCUT2D eigenvalue weighted by Crippen LogP contribution is 2.28. The van der Waals surface area contributed by atoms with Crippen LogP contribution in [0.1, 0.15) is 29.7 Å². The van der Waals surface area contributed by atoms with E-state index in [2.05, 4.69) is 0 Å². The zero-order valence-corrected chi connectivity index (χ0v) is 11.8. The molecular formula is C17H19FO2. The molecule has 0 heterocycles. The Morgan fingerprint density at radius 2 is 1.95 bits per heavy atom. The fourth-order valence-electron chi connectivity index (χ4n) is 2.25. The average molecular weight is 274 g/mol. The van der Waals surface area contributed by atoms with Crippen molar-refractivity contribution in [3.8, 4) is 5.75 Å². The van der Waals surface area contributed by atoms with Gasteiger partial charge in [-0.3, -0.25) is 0 Å². The summed E-state index contributed by atoms with van der Waals surface area (Å²) in [7, 11) is 0. The highest BCUT2D eigenvalue weighted by Gasteiger charge is 2.14. The Bertz CT molecular complexity index is 581. The SMILES string of the molecule is CCOc1ccccc1C(O)Cc1ccc(F)cc1C. The summed E-state index contributed by atoms with van der Waals surface area (Å²) in [6.45, 7) is 4.31. The molecule has 20 heavy (non-hydrogen) atoms. The molecule has 0 bridgehead atoms. The van der Waals surface area contributed by atoms with E-state index in [1.165, 1.54) is 12.1 Å². The topological polar surface area (TPSA) is 29.5 Å². The van der Waals surface area contributed by atoms with Crippen LogP contribution >= 0.6 is 0 Å². The first-order valence-corrected chi connectivity index (χ1v) is 6.76. The lowest BCUT2D eigenvalue weighted by Crippen LogP contribution is -2.06. The van der Waals surface area contributed by atoms with Gasteiger partial charge < -0.3 is 9.84 Å². The molecule has 0 saturated heterocycles. The van der Waals surface area contributed by atoms with Crippen molar-refractivity contribution in [3.05, 3.63) is 65.0 Å². The summed E-state index contributed by atoms with van der Waals surface area (Å²) >= 11 is 0. The van der Waals surface area contributed by atoms with Gasteiger partial charge >= 0.3 is 0 Å². The minimum absolute atomic E-state index is 0.254. The standard InChI is InChI=1S/C17H19FO2/c1-3-20-17-7-5-4-6-15(17)16(19)11-13-8-9-14(18)10-12(13)2/h4-10,16,19H,3,11H2,1-2H3. The van der Waals surface area contributed by atoms with Crippen LogP contribution in [0.15, 0.2) is 42.5 Å². The molecule has 0 radical (unpaired) electrons. The van der Waals surface area contributed by atoms with Gasteiger partial charge in [0.15, 0.2) is 0 Å². The van der Waals surface area contributed by atoms with Crippen molar-refractivity contribution >= 4 is 0 Å². The van der Waals surface area contributed by atoms with Gasteiger partial charge in [-0.2, -0.15) is 0 Å². The third kappa shape index (κ3) is 3.36. The molecule has 2 aromatic rings. The lowest BCUT2D eigenvalue weighted by Gasteiger charge is -2.16. The number of para-hydroxylation sites is 1. The van der Waals surface area contributed by atoms with Crippen LogP contribution < -0.4 is 4.74 Å². The first kappa shape index (κ1) is 14.5. The van der Waals surface area contributed by atoms with Crippen molar-refractivity contribution in [2.45, 2.75) is 26.4 Å². The van der Waals surface area contributed by atoms with Crippen LogP contribution in [0.5, 0.6) is 5.75 Å². The van der Waals surface area contributed by atoms with E-state index < -0.39 is 6.10 Å². The molecule has 1 atom stereocenters. The Balaban J connectivity index is 2.21. The molecule has 2 rings (SSSR count). The molecule has 106 valence electrons. The second-order valence-corrected chi connectivity index (χ2v) is 4.76. The lowest BCUT2D eigenvalue weighted by atomic mass is 9.97. The number of ether oxygens (including phenoxy) is 1. The first-order valence-electron chi connectivity index (χ1n) is 6.76. The molecule has 2 nitrogen and oxygen atoms in total. The van der Waals surface area contributed by atoms with E-state index in [0.29, 0.717) is 18.8 Å². The number of hydrogen-bond donors (Lipinski definition) is 1. The molecule has 0 spiro atoms. The van der Waals surface area contributed by atoms with Crippen molar-refractivity contribution in [1.82, 2.24) is 0 Å². The number of hydrogen-bond acceptors (Lipinski definition) is 2. The van der Waals surface area contributed by atoms with Gasteiger partial charge in [0.1, 0.15) is 11.6 Å². The molecule has 0 aliphatic carbocycles. The minimum Gasteiger partial charge on any atom is -0.493 e. The van der Waals surface area contributed by atoms with Crippen molar-refractivity contribution in [3.63, 3.8) is 0 Å². The highest BCUT2D eigenvalue weighted by molar-refractivity contribution is 5.37. The fraction of sp³-hybridized carbons (Fsp3) is 0.294. The first-order chi connectivity index (χ1) is 9.61. The fourth-order valence-corrected chi connectivity index (χ4v) is 2.25. The van der Waals surface area contributed by atoms with E-state index in [1.807, 2.05) is 38.1 Å². The van der Waals surface area contributed by atoms with E-state index in [-0.39, 0.29) is 5.82 Å². The summed E-state index contributed by atoms with van der Waals surface area (Å²) in [6.07, 6.45) is -0.224. The van der Waals surface area contributed by atoms with Crippen molar-refractivity contribution in [1.29, 1.82) is 0 Å². The molecule has 0 aliphatic heterocycles. The predicted octanol–water partition coefficient (Wildman–Crippen LogP) is 3.81. The Hall–Kier alpha value is -1.87. The number of benzene rings is 2. The maximum atomic E-state index is 13.1. The quantitative estimate of drug-likeness (QED) is 0.898. The van der Waals surface area contributed by atoms with Crippen molar-refractivity contribution in [2.75, 3.05) is 6.61 Å². The maximum absolute atomic E-state index is 13.1. The smallest absolute Gasteiger partial charge is 0.125 e. The van der Waals surface area contributed by atoms with Gasteiger partial charge in [-0.25, -0.2) is 4.39 Å². The lowest BCUT2D eigenvalue weighted by molar-refractivity contribution is 0.172. The predicted molar refractivity (Wildman–Crippen MR) is 77.4 cm³/mol. The largest absolute Gasteiger partial charge is 0.493 e. The van der Waals surface area contributed by atoms with Gasteiger partial charge in [0.25, 0.3) is 0 Å². The van der Waals surface area contributed by atoms with E-state index in [1.54, 1.807) is 6.07 Å². The molecule has 1 unspecified atom stereocenters. The second-order valence-electron chi connectivity index (χ2n) is 4.76. The molecule has 0 aliphatic rings. The molecular weight excluding hydrogens is 255 g/mol. The van der Waals surface area contributed by atoms with Gasteiger partial charge in [0.2, 0.25) is 0 Å². The average Bonchev–Trinajstić information content (AvgIpc) is 2.43. The third-order valence-electron chi connectivity index (χ3n) is 3.30. The summed E-state index contributed by atoms with van der Waals surface area (Å²) in [5.41, 5.74) is 2.54. The van der Waals surface area contributed by atoms with Crippen LogP contribution in [0.4, 0.5) is 4.39 Å². The van der Waals surface area contributed by atoms with Gasteiger partial charge in [-0.1, -0.05) is 24.3 Å². The Kier molecular flexibility index (Phi) is 4.74. The van der Waals surface area contributed by atoms with Gasteiger partial charge in [-0.05, 0) is 43.2 Å². The monoisotopic (exact) mass is 274 g/mol.